The fourth-order valence-corrected chi connectivity index (χ4v) is 3.92. The van der Waals surface area contributed by atoms with Crippen molar-refractivity contribution in [3.8, 4) is 11.5 Å². The number of carbonyl (C=O) groups excluding carboxylic acids is 1. The maximum atomic E-state index is 12.6. The van der Waals surface area contributed by atoms with Gasteiger partial charge in [-0.2, -0.15) is 0 Å². The van der Waals surface area contributed by atoms with Crippen molar-refractivity contribution in [3.05, 3.63) is 60.7 Å². The van der Waals surface area contributed by atoms with Crippen LogP contribution >= 0.6 is 0 Å². The lowest BCUT2D eigenvalue weighted by Crippen LogP contribution is -2.37. The van der Waals surface area contributed by atoms with E-state index in [9.17, 15) is 13.2 Å². The van der Waals surface area contributed by atoms with Gasteiger partial charge in [0.25, 0.3) is 0 Å². The van der Waals surface area contributed by atoms with Crippen LogP contribution in [0, 0.1) is 0 Å². The van der Waals surface area contributed by atoms with E-state index in [2.05, 4.69) is 5.32 Å². The summed E-state index contributed by atoms with van der Waals surface area (Å²) in [4.78, 5) is 12.6. The van der Waals surface area contributed by atoms with E-state index < -0.39 is 15.9 Å². The highest BCUT2D eigenvalue weighted by atomic mass is 32.2. The molecule has 0 atom stereocenters. The number of nitrogens with one attached hydrogen (secondary N) is 1. The van der Waals surface area contributed by atoms with Gasteiger partial charge in [-0.1, -0.05) is 36.4 Å². The second kappa shape index (κ2) is 8.40. The number of anilines is 2. The first kappa shape index (κ1) is 20.5. The van der Waals surface area contributed by atoms with Gasteiger partial charge >= 0.3 is 0 Å². The Morgan fingerprint density at radius 1 is 0.966 bits per heavy atom. The Labute approximate surface area is 169 Å². The molecule has 0 unspecified atom stereocenters. The number of methoxy groups -OCH3 is 2. The molecule has 0 saturated carbocycles. The van der Waals surface area contributed by atoms with E-state index in [1.54, 1.807) is 30.3 Å². The summed E-state index contributed by atoms with van der Waals surface area (Å²) in [5, 5.41) is 4.35. The zero-order chi connectivity index (χ0) is 21.0. The van der Waals surface area contributed by atoms with E-state index in [0.29, 0.717) is 22.9 Å². The first-order valence-electron chi connectivity index (χ1n) is 8.81. The Hall–Kier alpha value is -3.26. The van der Waals surface area contributed by atoms with Gasteiger partial charge in [-0.3, -0.25) is 9.10 Å². The summed E-state index contributed by atoms with van der Waals surface area (Å²) in [5.74, 6) is 0.508. The van der Waals surface area contributed by atoms with Gasteiger partial charge in [0.05, 0.1) is 26.2 Å². The minimum absolute atomic E-state index is 0.360. The first-order chi connectivity index (χ1) is 13.8. The molecule has 0 aliphatic heterocycles. The molecule has 0 radical (unpaired) electrons. The molecule has 1 amide bonds. The molecule has 0 heterocycles. The average Bonchev–Trinajstić information content (AvgIpc) is 2.70. The Kier molecular flexibility index (Phi) is 5.93. The van der Waals surface area contributed by atoms with Gasteiger partial charge in [0.2, 0.25) is 15.9 Å². The molecule has 1 N–H and O–H groups in total. The van der Waals surface area contributed by atoms with Crippen LogP contribution in [0.25, 0.3) is 10.8 Å². The van der Waals surface area contributed by atoms with Gasteiger partial charge in [-0.05, 0) is 23.6 Å². The van der Waals surface area contributed by atoms with Gasteiger partial charge in [-0.15, -0.1) is 0 Å². The normalized spacial score (nSPS) is 11.1. The molecule has 8 heteroatoms. The minimum Gasteiger partial charge on any atom is -0.493 e. The molecule has 3 aromatic carbocycles. The Morgan fingerprint density at radius 3 is 2.34 bits per heavy atom. The van der Waals surface area contributed by atoms with Crippen LogP contribution in [0.1, 0.15) is 0 Å². The van der Waals surface area contributed by atoms with Gasteiger partial charge in [0, 0.05) is 17.1 Å². The first-order valence-corrected chi connectivity index (χ1v) is 10.7. The molecule has 3 aromatic rings. The smallest absolute Gasteiger partial charge is 0.245 e. The fraction of sp³-hybridized carbons (Fsp3) is 0.190. The highest BCUT2D eigenvalue weighted by Gasteiger charge is 2.22. The average molecular weight is 414 g/mol. The second-order valence-electron chi connectivity index (χ2n) is 6.39. The van der Waals surface area contributed by atoms with Crippen LogP contribution in [0.5, 0.6) is 11.5 Å². The van der Waals surface area contributed by atoms with Gasteiger partial charge in [-0.25, -0.2) is 8.42 Å². The number of benzene rings is 3. The maximum absolute atomic E-state index is 12.6. The zero-order valence-corrected chi connectivity index (χ0v) is 17.2. The van der Waals surface area contributed by atoms with E-state index in [1.807, 2.05) is 30.3 Å². The van der Waals surface area contributed by atoms with Crippen LogP contribution in [0.2, 0.25) is 0 Å². The Bertz CT molecular complexity index is 1140. The van der Waals surface area contributed by atoms with Crippen molar-refractivity contribution in [2.24, 2.45) is 0 Å². The molecule has 0 fully saturated rings. The Morgan fingerprint density at radius 2 is 1.66 bits per heavy atom. The number of ether oxygens (including phenoxy) is 2. The second-order valence-corrected chi connectivity index (χ2v) is 8.29. The van der Waals surface area contributed by atoms with Crippen molar-refractivity contribution >= 4 is 38.1 Å². The number of hydrogen-bond acceptors (Lipinski definition) is 5. The molecule has 7 nitrogen and oxygen atoms in total. The molecule has 0 aromatic heterocycles. The lowest BCUT2D eigenvalue weighted by atomic mass is 10.1. The summed E-state index contributed by atoms with van der Waals surface area (Å²) >= 11 is 0. The molecule has 3 rings (SSSR count). The topological polar surface area (TPSA) is 84.9 Å². The quantitative estimate of drug-likeness (QED) is 0.641. The summed E-state index contributed by atoms with van der Waals surface area (Å²) in [6.45, 7) is -0.360. The van der Waals surface area contributed by atoms with Crippen molar-refractivity contribution in [2.45, 2.75) is 0 Å². The van der Waals surface area contributed by atoms with Crippen molar-refractivity contribution in [1.82, 2.24) is 0 Å². The van der Waals surface area contributed by atoms with Crippen molar-refractivity contribution < 1.29 is 22.7 Å². The number of hydrogen-bond donors (Lipinski definition) is 1. The summed E-state index contributed by atoms with van der Waals surface area (Å²) < 4.78 is 36.4. The van der Waals surface area contributed by atoms with Crippen LogP contribution in [0.4, 0.5) is 11.4 Å². The van der Waals surface area contributed by atoms with Crippen LogP contribution in [0.15, 0.2) is 60.7 Å². The van der Waals surface area contributed by atoms with Crippen molar-refractivity contribution in [1.29, 1.82) is 0 Å². The van der Waals surface area contributed by atoms with Crippen LogP contribution in [0.3, 0.4) is 0 Å². The lowest BCUT2D eigenvalue weighted by molar-refractivity contribution is -0.114. The molecular formula is C21H22N2O5S. The predicted octanol–water partition coefficient (Wildman–Crippen LogP) is 3.26. The molecule has 0 bridgehead atoms. The third kappa shape index (κ3) is 4.60. The van der Waals surface area contributed by atoms with Gasteiger partial charge < -0.3 is 14.8 Å². The number of fused-ring (bicyclic) bond motifs is 1. The minimum atomic E-state index is -3.69. The number of rotatable bonds is 7. The predicted molar refractivity (Wildman–Crippen MR) is 114 cm³/mol. The molecule has 0 saturated heterocycles. The van der Waals surface area contributed by atoms with Crippen LogP contribution in [-0.2, 0) is 14.8 Å². The number of sulfonamides is 1. The summed E-state index contributed by atoms with van der Waals surface area (Å²) in [5.41, 5.74) is 0.923. The highest BCUT2D eigenvalue weighted by Crippen LogP contribution is 2.30. The van der Waals surface area contributed by atoms with Crippen molar-refractivity contribution in [2.75, 3.05) is 36.6 Å². The monoisotopic (exact) mass is 414 g/mol. The Balaban J connectivity index is 1.89. The third-order valence-electron chi connectivity index (χ3n) is 4.39. The highest BCUT2D eigenvalue weighted by molar-refractivity contribution is 7.92. The molecule has 152 valence electrons. The maximum Gasteiger partial charge on any atom is 0.245 e. The molecule has 29 heavy (non-hydrogen) atoms. The van der Waals surface area contributed by atoms with E-state index in [0.717, 1.165) is 21.3 Å². The van der Waals surface area contributed by atoms with Crippen molar-refractivity contribution in [3.63, 3.8) is 0 Å². The number of amides is 1. The number of carbonyl (C=O) groups is 1. The molecular weight excluding hydrogens is 392 g/mol. The molecule has 0 aliphatic rings. The summed E-state index contributed by atoms with van der Waals surface area (Å²) in [6.07, 6.45) is 1.08. The van der Waals surface area contributed by atoms with Crippen LogP contribution in [-0.4, -0.2) is 41.3 Å². The van der Waals surface area contributed by atoms with E-state index in [4.69, 9.17) is 9.47 Å². The standard InChI is InChI=1S/C21H22N2O5S/c1-27-19-12-11-16(13-20(19)28-2)22-21(24)14-23(29(3,25)26)18-10-6-8-15-7-4-5-9-17(15)18/h4-13H,14H2,1-3H3,(H,22,24). The van der Waals surface area contributed by atoms with E-state index in [-0.39, 0.29) is 6.54 Å². The van der Waals surface area contributed by atoms with Gasteiger partial charge in [0.1, 0.15) is 6.54 Å². The summed E-state index contributed by atoms with van der Waals surface area (Å²) in [7, 11) is -0.679. The lowest BCUT2D eigenvalue weighted by Gasteiger charge is -2.23. The van der Waals surface area contributed by atoms with Gasteiger partial charge in [0.15, 0.2) is 11.5 Å². The van der Waals surface area contributed by atoms with E-state index >= 15 is 0 Å². The zero-order valence-electron chi connectivity index (χ0n) is 16.4. The molecule has 0 spiro atoms. The fourth-order valence-electron chi connectivity index (χ4n) is 3.05. The van der Waals surface area contributed by atoms with E-state index in [1.165, 1.54) is 14.2 Å². The summed E-state index contributed by atoms with van der Waals surface area (Å²) in [6, 6.07) is 17.7. The molecule has 0 aliphatic carbocycles. The SMILES string of the molecule is COc1ccc(NC(=O)CN(c2cccc3ccccc23)S(C)(=O)=O)cc1OC. The van der Waals surface area contributed by atoms with Crippen LogP contribution < -0.4 is 19.1 Å². The number of nitrogens with zero attached hydrogens (tertiary/aromatic N) is 1. The third-order valence-corrected chi connectivity index (χ3v) is 5.52. The largest absolute Gasteiger partial charge is 0.493 e.